The van der Waals surface area contributed by atoms with Crippen molar-refractivity contribution < 1.29 is 18.3 Å². The van der Waals surface area contributed by atoms with Crippen LogP contribution in [0.25, 0.3) is 0 Å². The number of carbonyl (C=O) groups is 1. The number of rotatable bonds is 5. The average molecular weight is 263 g/mol. The zero-order valence-electron chi connectivity index (χ0n) is 10.3. The molecule has 0 amide bonds. The minimum atomic E-state index is -3.76. The predicted octanol–water partition coefficient (Wildman–Crippen LogP) is 1.35. The number of carboxylic acids is 1. The highest BCUT2D eigenvalue weighted by Gasteiger charge is 2.31. The molecule has 17 heavy (non-hydrogen) atoms. The molecule has 0 aromatic carbocycles. The van der Waals surface area contributed by atoms with E-state index in [4.69, 9.17) is 5.11 Å². The van der Waals surface area contributed by atoms with Crippen LogP contribution in [0.5, 0.6) is 0 Å². The zero-order chi connectivity index (χ0) is 13.1. The van der Waals surface area contributed by atoms with Crippen LogP contribution in [0.1, 0.15) is 46.0 Å². The molecule has 2 N–H and O–H groups in total. The second-order valence-electron chi connectivity index (χ2n) is 4.83. The molecule has 1 rings (SSSR count). The fourth-order valence-corrected chi connectivity index (χ4v) is 3.40. The Hall–Kier alpha value is -0.620. The maximum absolute atomic E-state index is 11.7. The van der Waals surface area contributed by atoms with Crippen LogP contribution in [-0.2, 0) is 14.8 Å². The zero-order valence-corrected chi connectivity index (χ0v) is 11.2. The number of aliphatic carboxylic acids is 1. The lowest BCUT2D eigenvalue weighted by Gasteiger charge is -2.28. The van der Waals surface area contributed by atoms with Gasteiger partial charge in [-0.25, -0.2) is 13.1 Å². The molecule has 0 spiro atoms. The molecule has 1 saturated carbocycles. The third-order valence-electron chi connectivity index (χ3n) is 3.52. The van der Waals surface area contributed by atoms with Gasteiger partial charge in [0.2, 0.25) is 10.0 Å². The molecule has 1 unspecified atom stereocenters. The summed E-state index contributed by atoms with van der Waals surface area (Å²) in [4.78, 5) is 10.7. The lowest BCUT2D eigenvalue weighted by molar-refractivity contribution is -0.136. The van der Waals surface area contributed by atoms with E-state index in [1.54, 1.807) is 0 Å². The molecule has 0 aromatic rings. The maximum atomic E-state index is 11.7. The van der Waals surface area contributed by atoms with E-state index in [0.717, 1.165) is 25.7 Å². The summed E-state index contributed by atoms with van der Waals surface area (Å²) in [6.07, 6.45) is 5.51. The Morgan fingerprint density at radius 1 is 1.24 bits per heavy atom. The van der Waals surface area contributed by atoms with Gasteiger partial charge in [0, 0.05) is 6.04 Å². The third-order valence-corrected chi connectivity index (χ3v) is 5.35. The second kappa shape index (κ2) is 5.82. The summed E-state index contributed by atoms with van der Waals surface area (Å²) < 4.78 is 26.0. The normalized spacial score (nSPS) is 22.0. The van der Waals surface area contributed by atoms with Gasteiger partial charge in [-0.1, -0.05) is 19.3 Å². The molecule has 0 aliphatic heterocycles. The maximum Gasteiger partial charge on any atom is 0.323 e. The molecule has 0 aromatic heterocycles. The molecule has 0 saturated heterocycles. The molecule has 5 nitrogen and oxygen atoms in total. The van der Waals surface area contributed by atoms with Crippen LogP contribution in [0.4, 0.5) is 0 Å². The fourth-order valence-electron chi connectivity index (χ4n) is 2.22. The molecular formula is C11H21NO4S. The van der Waals surface area contributed by atoms with Gasteiger partial charge in [-0.15, -0.1) is 0 Å². The molecule has 100 valence electrons. The topological polar surface area (TPSA) is 83.5 Å². The first-order chi connectivity index (χ1) is 7.84. The van der Waals surface area contributed by atoms with Gasteiger partial charge in [0.1, 0.15) is 0 Å². The van der Waals surface area contributed by atoms with Gasteiger partial charge < -0.3 is 5.11 Å². The summed E-state index contributed by atoms with van der Waals surface area (Å²) in [5.74, 6) is -0.979. The first-order valence-corrected chi connectivity index (χ1v) is 7.63. The van der Waals surface area contributed by atoms with Crippen LogP contribution in [-0.4, -0.2) is 30.8 Å². The minimum absolute atomic E-state index is 0.179. The Balaban J connectivity index is 2.60. The van der Waals surface area contributed by atoms with E-state index in [9.17, 15) is 13.2 Å². The summed E-state index contributed by atoms with van der Waals surface area (Å²) >= 11 is 0. The summed E-state index contributed by atoms with van der Waals surface area (Å²) in [5, 5.41) is 7.33. The van der Waals surface area contributed by atoms with Crippen LogP contribution in [0.15, 0.2) is 0 Å². The van der Waals surface area contributed by atoms with Crippen molar-refractivity contribution in [2.75, 3.05) is 0 Å². The average Bonchev–Trinajstić information content (AvgIpc) is 2.28. The molecule has 2 atom stereocenters. The van der Waals surface area contributed by atoms with Crippen LogP contribution in [0.3, 0.4) is 0 Å². The summed E-state index contributed by atoms with van der Waals surface area (Å²) in [5.41, 5.74) is 0. The number of nitrogens with one attached hydrogen (secondary N) is 1. The van der Waals surface area contributed by atoms with Crippen LogP contribution in [0.2, 0.25) is 0 Å². The largest absolute Gasteiger partial charge is 0.480 e. The number of carboxylic acid groups (broad SMARTS) is 1. The van der Waals surface area contributed by atoms with Crippen molar-refractivity contribution in [3.8, 4) is 0 Å². The van der Waals surface area contributed by atoms with Gasteiger partial charge in [0.05, 0.1) is 0 Å². The highest BCUT2D eigenvalue weighted by atomic mass is 32.2. The Morgan fingerprint density at radius 3 is 2.24 bits per heavy atom. The van der Waals surface area contributed by atoms with Gasteiger partial charge >= 0.3 is 5.97 Å². The van der Waals surface area contributed by atoms with Gasteiger partial charge in [-0.2, -0.15) is 0 Å². The summed E-state index contributed by atoms with van der Waals surface area (Å²) in [6, 6.07) is -0.179. The Bertz CT molecular complexity index is 360. The van der Waals surface area contributed by atoms with Crippen molar-refractivity contribution in [2.45, 2.75) is 57.2 Å². The molecular weight excluding hydrogens is 242 g/mol. The highest BCUT2D eigenvalue weighted by Crippen LogP contribution is 2.26. The van der Waals surface area contributed by atoms with E-state index < -0.39 is 21.2 Å². The SMILES string of the molecule is CC(C(=O)O)S(=O)(=O)N[C@@H](C)C1CCCCC1. The van der Waals surface area contributed by atoms with Crippen molar-refractivity contribution in [3.63, 3.8) is 0 Å². The Labute approximate surface area is 103 Å². The van der Waals surface area contributed by atoms with E-state index in [2.05, 4.69) is 4.72 Å². The summed E-state index contributed by atoms with van der Waals surface area (Å²) in [6.45, 7) is 3.01. The molecule has 6 heteroatoms. The lowest BCUT2D eigenvalue weighted by atomic mass is 9.85. The number of hydrogen-bond acceptors (Lipinski definition) is 3. The van der Waals surface area contributed by atoms with Crippen LogP contribution in [0, 0.1) is 5.92 Å². The summed E-state index contributed by atoms with van der Waals surface area (Å²) in [7, 11) is -3.76. The third kappa shape index (κ3) is 3.96. The van der Waals surface area contributed by atoms with Crippen molar-refractivity contribution in [3.05, 3.63) is 0 Å². The van der Waals surface area contributed by atoms with Crippen LogP contribution < -0.4 is 4.72 Å². The van der Waals surface area contributed by atoms with E-state index in [-0.39, 0.29) is 6.04 Å². The molecule has 1 fully saturated rings. The number of hydrogen-bond donors (Lipinski definition) is 2. The van der Waals surface area contributed by atoms with Crippen molar-refractivity contribution in [1.82, 2.24) is 4.72 Å². The lowest BCUT2D eigenvalue weighted by Crippen LogP contribution is -2.45. The molecule has 0 radical (unpaired) electrons. The van der Waals surface area contributed by atoms with Gasteiger partial charge in [0.15, 0.2) is 5.25 Å². The van der Waals surface area contributed by atoms with Crippen molar-refractivity contribution in [2.24, 2.45) is 5.92 Å². The van der Waals surface area contributed by atoms with Gasteiger partial charge in [0.25, 0.3) is 0 Å². The number of sulfonamides is 1. The monoisotopic (exact) mass is 263 g/mol. The first-order valence-electron chi connectivity index (χ1n) is 6.08. The van der Waals surface area contributed by atoms with E-state index in [0.29, 0.717) is 5.92 Å². The fraction of sp³-hybridized carbons (Fsp3) is 0.909. The first kappa shape index (κ1) is 14.4. The Morgan fingerprint density at radius 2 is 1.76 bits per heavy atom. The van der Waals surface area contributed by atoms with E-state index in [1.165, 1.54) is 13.3 Å². The van der Waals surface area contributed by atoms with Crippen molar-refractivity contribution >= 4 is 16.0 Å². The quantitative estimate of drug-likeness (QED) is 0.784. The molecule has 1 aliphatic rings. The predicted molar refractivity (Wildman–Crippen MR) is 65.2 cm³/mol. The highest BCUT2D eigenvalue weighted by molar-refractivity contribution is 7.90. The second-order valence-corrected chi connectivity index (χ2v) is 6.86. The van der Waals surface area contributed by atoms with E-state index in [1.807, 2.05) is 6.92 Å². The smallest absolute Gasteiger partial charge is 0.323 e. The van der Waals surface area contributed by atoms with Gasteiger partial charge in [-0.05, 0) is 32.6 Å². The molecule has 1 aliphatic carbocycles. The minimum Gasteiger partial charge on any atom is -0.480 e. The van der Waals surface area contributed by atoms with E-state index >= 15 is 0 Å². The van der Waals surface area contributed by atoms with Gasteiger partial charge in [-0.3, -0.25) is 4.79 Å². The standard InChI is InChI=1S/C11H21NO4S/c1-8(10-6-4-3-5-7-10)12-17(15,16)9(2)11(13)14/h8-10,12H,3-7H2,1-2H3,(H,13,14)/t8-,9?/m0/s1. The molecule has 0 bridgehead atoms. The van der Waals surface area contributed by atoms with Crippen molar-refractivity contribution in [1.29, 1.82) is 0 Å². The molecule has 0 heterocycles. The van der Waals surface area contributed by atoms with Crippen LogP contribution >= 0.6 is 0 Å². The Kier molecular flexibility index (Phi) is 4.94.